The predicted molar refractivity (Wildman–Crippen MR) is 60.8 cm³/mol. The van der Waals surface area contributed by atoms with E-state index in [2.05, 4.69) is 10.3 Å². The molecule has 0 atom stereocenters. The minimum atomic E-state index is -0.986. The van der Waals surface area contributed by atoms with E-state index in [9.17, 15) is 9.59 Å². The van der Waals surface area contributed by atoms with E-state index < -0.39 is 5.97 Å². The Morgan fingerprint density at radius 3 is 2.82 bits per heavy atom. The summed E-state index contributed by atoms with van der Waals surface area (Å²) in [7, 11) is 0. The van der Waals surface area contributed by atoms with Crippen LogP contribution in [0.5, 0.6) is 0 Å². The molecule has 0 radical (unpaired) electrons. The molecule has 1 rings (SSSR count). The number of thiazole rings is 1. The van der Waals surface area contributed by atoms with Crippen molar-refractivity contribution in [3.05, 3.63) is 15.6 Å². The summed E-state index contributed by atoms with van der Waals surface area (Å²) in [6, 6.07) is 1.74. The second-order valence-electron chi connectivity index (χ2n) is 3.26. The van der Waals surface area contributed by atoms with Gasteiger partial charge in [-0.1, -0.05) is 0 Å². The molecule has 0 aliphatic rings. The van der Waals surface area contributed by atoms with Gasteiger partial charge in [0.1, 0.15) is 11.3 Å². The number of aromatic carboxylic acids is 1. The summed E-state index contributed by atoms with van der Waals surface area (Å²) in [5, 5.41) is 20.3. The molecule has 0 saturated heterocycles. The van der Waals surface area contributed by atoms with Crippen LogP contribution in [0.25, 0.3) is 0 Å². The normalized spacial score (nSPS) is 9.65. The molecule has 0 aliphatic heterocycles. The van der Waals surface area contributed by atoms with E-state index >= 15 is 0 Å². The van der Waals surface area contributed by atoms with Crippen molar-refractivity contribution in [3.63, 3.8) is 0 Å². The number of nitrogens with one attached hydrogen (secondary N) is 1. The standard InChI is InChI=1S/C10H11N3O3S/c1-6-9(10(15)16)17-8(13-6)3-5-12-7(14)2-4-11/h2-3,5H2,1H3,(H,12,14)(H,15,16). The summed E-state index contributed by atoms with van der Waals surface area (Å²) in [4.78, 5) is 26.1. The van der Waals surface area contributed by atoms with Crippen molar-refractivity contribution in [2.24, 2.45) is 0 Å². The first-order valence-corrected chi connectivity index (χ1v) is 5.69. The number of nitrogens with zero attached hydrogens (tertiary/aromatic N) is 2. The van der Waals surface area contributed by atoms with Crippen LogP contribution < -0.4 is 5.32 Å². The molecule has 1 aromatic heterocycles. The molecule has 2 N–H and O–H groups in total. The number of carbonyl (C=O) groups excluding carboxylic acids is 1. The number of carboxylic acid groups (broad SMARTS) is 1. The van der Waals surface area contributed by atoms with Crippen LogP contribution in [-0.4, -0.2) is 28.5 Å². The van der Waals surface area contributed by atoms with Gasteiger partial charge in [0.2, 0.25) is 5.91 Å². The zero-order valence-electron chi connectivity index (χ0n) is 9.19. The first-order valence-electron chi connectivity index (χ1n) is 4.88. The lowest BCUT2D eigenvalue weighted by atomic mass is 10.4. The summed E-state index contributed by atoms with van der Waals surface area (Å²) in [5.74, 6) is -1.32. The Morgan fingerprint density at radius 1 is 1.59 bits per heavy atom. The average Bonchev–Trinajstić information content (AvgIpc) is 2.60. The van der Waals surface area contributed by atoms with Gasteiger partial charge in [-0.05, 0) is 6.92 Å². The fourth-order valence-electron chi connectivity index (χ4n) is 1.20. The highest BCUT2D eigenvalue weighted by Gasteiger charge is 2.13. The largest absolute Gasteiger partial charge is 0.477 e. The molecule has 0 saturated carbocycles. The van der Waals surface area contributed by atoms with Gasteiger partial charge in [0.15, 0.2) is 0 Å². The molecule has 0 aliphatic carbocycles. The topological polar surface area (TPSA) is 103 Å². The number of carbonyl (C=O) groups is 2. The van der Waals surface area contributed by atoms with Crippen LogP contribution >= 0.6 is 11.3 Å². The minimum absolute atomic E-state index is 0.169. The van der Waals surface area contributed by atoms with E-state index in [1.807, 2.05) is 0 Å². The molecular formula is C10H11N3O3S. The molecule has 6 nitrogen and oxygen atoms in total. The maximum absolute atomic E-state index is 11.0. The minimum Gasteiger partial charge on any atom is -0.477 e. The van der Waals surface area contributed by atoms with Gasteiger partial charge >= 0.3 is 5.97 Å². The molecule has 0 fully saturated rings. The van der Waals surface area contributed by atoms with Gasteiger partial charge < -0.3 is 10.4 Å². The van der Waals surface area contributed by atoms with E-state index in [0.29, 0.717) is 23.7 Å². The highest BCUT2D eigenvalue weighted by atomic mass is 32.1. The number of hydrogen-bond acceptors (Lipinski definition) is 5. The summed E-state index contributed by atoms with van der Waals surface area (Å²) in [5.41, 5.74) is 0.487. The average molecular weight is 253 g/mol. The number of aryl methyl sites for hydroxylation is 1. The Hall–Kier alpha value is -1.94. The fraction of sp³-hybridized carbons (Fsp3) is 0.400. The summed E-state index contributed by atoms with van der Waals surface area (Å²) in [6.07, 6.45) is 0.299. The van der Waals surface area contributed by atoms with Crippen LogP contribution in [0.2, 0.25) is 0 Å². The molecule has 90 valence electrons. The van der Waals surface area contributed by atoms with Crippen molar-refractivity contribution in [1.82, 2.24) is 10.3 Å². The lowest BCUT2D eigenvalue weighted by Crippen LogP contribution is -2.24. The predicted octanol–water partition coefficient (Wildman–Crippen LogP) is 0.722. The molecular weight excluding hydrogens is 242 g/mol. The van der Waals surface area contributed by atoms with Gasteiger partial charge in [0, 0.05) is 13.0 Å². The van der Waals surface area contributed by atoms with Crippen LogP contribution in [0.3, 0.4) is 0 Å². The van der Waals surface area contributed by atoms with Crippen molar-refractivity contribution >= 4 is 23.2 Å². The van der Waals surface area contributed by atoms with Gasteiger partial charge in [-0.2, -0.15) is 5.26 Å². The smallest absolute Gasteiger partial charge is 0.347 e. The molecule has 1 amide bonds. The van der Waals surface area contributed by atoms with Crippen molar-refractivity contribution in [1.29, 1.82) is 5.26 Å². The van der Waals surface area contributed by atoms with Gasteiger partial charge in [-0.3, -0.25) is 4.79 Å². The van der Waals surface area contributed by atoms with Gasteiger partial charge in [-0.15, -0.1) is 11.3 Å². The SMILES string of the molecule is Cc1nc(CCNC(=O)CC#N)sc1C(=O)O. The lowest BCUT2D eigenvalue weighted by Gasteiger charge is -1.99. The van der Waals surface area contributed by atoms with Gasteiger partial charge in [0.25, 0.3) is 0 Å². The van der Waals surface area contributed by atoms with E-state index in [-0.39, 0.29) is 17.2 Å². The van der Waals surface area contributed by atoms with Crippen LogP contribution in [0, 0.1) is 18.3 Å². The van der Waals surface area contributed by atoms with Crippen LogP contribution in [0.4, 0.5) is 0 Å². The Labute approximate surface area is 102 Å². The molecule has 17 heavy (non-hydrogen) atoms. The Bertz CT molecular complexity index is 476. The Kier molecular flexibility index (Phi) is 4.60. The number of hydrogen-bond donors (Lipinski definition) is 2. The number of amides is 1. The second-order valence-corrected chi connectivity index (χ2v) is 4.35. The zero-order chi connectivity index (χ0) is 12.8. The summed E-state index contributed by atoms with van der Waals surface area (Å²) in [6.45, 7) is 1.99. The maximum Gasteiger partial charge on any atom is 0.347 e. The van der Waals surface area contributed by atoms with E-state index in [1.165, 1.54) is 0 Å². The molecule has 0 spiro atoms. The molecule has 1 heterocycles. The van der Waals surface area contributed by atoms with Crippen molar-refractivity contribution < 1.29 is 14.7 Å². The zero-order valence-corrected chi connectivity index (χ0v) is 10.0. The van der Waals surface area contributed by atoms with Crippen LogP contribution in [-0.2, 0) is 11.2 Å². The number of rotatable bonds is 5. The van der Waals surface area contributed by atoms with Gasteiger partial charge in [-0.25, -0.2) is 9.78 Å². The third kappa shape index (κ3) is 3.85. The first-order chi connectivity index (χ1) is 8.04. The van der Waals surface area contributed by atoms with Crippen molar-refractivity contribution in [2.75, 3.05) is 6.54 Å². The highest BCUT2D eigenvalue weighted by molar-refractivity contribution is 7.13. The molecule has 0 bridgehead atoms. The van der Waals surface area contributed by atoms with E-state index in [4.69, 9.17) is 10.4 Å². The van der Waals surface area contributed by atoms with Crippen LogP contribution in [0.1, 0.15) is 26.8 Å². The molecule has 7 heteroatoms. The fourth-order valence-corrected chi connectivity index (χ4v) is 2.10. The van der Waals surface area contributed by atoms with Crippen LogP contribution in [0.15, 0.2) is 0 Å². The van der Waals surface area contributed by atoms with Crippen molar-refractivity contribution in [2.45, 2.75) is 19.8 Å². The number of nitriles is 1. The molecule has 0 aromatic carbocycles. The Morgan fingerprint density at radius 2 is 2.29 bits per heavy atom. The quantitative estimate of drug-likeness (QED) is 0.804. The third-order valence-electron chi connectivity index (χ3n) is 1.94. The molecule has 1 aromatic rings. The Balaban J connectivity index is 2.48. The second kappa shape index (κ2) is 5.96. The summed E-state index contributed by atoms with van der Waals surface area (Å²) >= 11 is 1.11. The lowest BCUT2D eigenvalue weighted by molar-refractivity contribution is -0.120. The first kappa shape index (κ1) is 13.1. The monoisotopic (exact) mass is 253 g/mol. The molecule has 0 unspecified atom stereocenters. The van der Waals surface area contributed by atoms with Crippen molar-refractivity contribution in [3.8, 4) is 6.07 Å². The number of aromatic nitrogens is 1. The number of carboxylic acids is 1. The van der Waals surface area contributed by atoms with Gasteiger partial charge in [0.05, 0.1) is 16.8 Å². The van der Waals surface area contributed by atoms with E-state index in [1.54, 1.807) is 13.0 Å². The summed E-state index contributed by atoms with van der Waals surface area (Å²) < 4.78 is 0. The maximum atomic E-state index is 11.0. The third-order valence-corrected chi connectivity index (χ3v) is 3.14. The highest BCUT2D eigenvalue weighted by Crippen LogP contribution is 2.17. The van der Waals surface area contributed by atoms with E-state index in [0.717, 1.165) is 11.3 Å².